The molecule has 2 aromatic heterocycles. The first-order valence-corrected chi connectivity index (χ1v) is 12.1. The zero-order valence-electron chi connectivity index (χ0n) is 20.3. The Morgan fingerprint density at radius 1 is 0.857 bits per heavy atom. The maximum Gasteiger partial charge on any atom is 0.145 e. The fourth-order valence-electron chi connectivity index (χ4n) is 4.18. The molecule has 4 aromatic rings. The van der Waals surface area contributed by atoms with Gasteiger partial charge in [0.2, 0.25) is 0 Å². The number of hydrogen-bond acceptors (Lipinski definition) is 2. The Morgan fingerprint density at radius 2 is 1.54 bits per heavy atom. The van der Waals surface area contributed by atoms with E-state index >= 15 is 4.39 Å². The van der Waals surface area contributed by atoms with Crippen molar-refractivity contribution in [2.75, 3.05) is 0 Å². The lowest BCUT2D eigenvalue weighted by atomic mass is 9.79. The molecule has 35 heavy (non-hydrogen) atoms. The van der Waals surface area contributed by atoms with Crippen molar-refractivity contribution < 1.29 is 8.78 Å². The summed E-state index contributed by atoms with van der Waals surface area (Å²) in [5.74, 6) is -0.861. The average Bonchev–Trinajstić information content (AvgIpc) is 3.24. The lowest BCUT2D eigenvalue weighted by Crippen LogP contribution is -2.23. The summed E-state index contributed by atoms with van der Waals surface area (Å²) in [7, 11) is 0. The molecule has 0 spiro atoms. The monoisotopic (exact) mass is 513 g/mol. The number of aromatic nitrogens is 3. The van der Waals surface area contributed by atoms with Gasteiger partial charge in [0.1, 0.15) is 11.6 Å². The van der Waals surface area contributed by atoms with Gasteiger partial charge in [-0.3, -0.25) is 4.98 Å². The van der Waals surface area contributed by atoms with E-state index in [9.17, 15) is 4.39 Å². The highest BCUT2D eigenvalue weighted by molar-refractivity contribution is 6.31. The van der Waals surface area contributed by atoms with Crippen molar-refractivity contribution in [3.63, 3.8) is 0 Å². The third kappa shape index (κ3) is 5.26. The SMILES string of the molecule is CC(C)(C)c1cc(-n2cnc(CC(C)(C)c3cc(-c4ccccn4)cc(Cl)c3F)c2)cc(Cl)c1F. The van der Waals surface area contributed by atoms with Gasteiger partial charge in [-0.05, 0) is 58.4 Å². The van der Waals surface area contributed by atoms with Crippen molar-refractivity contribution >= 4 is 23.2 Å². The highest BCUT2D eigenvalue weighted by Gasteiger charge is 2.28. The molecule has 0 unspecified atom stereocenters. The van der Waals surface area contributed by atoms with Gasteiger partial charge < -0.3 is 4.57 Å². The van der Waals surface area contributed by atoms with Gasteiger partial charge in [-0.2, -0.15) is 0 Å². The number of nitrogens with zero attached hydrogens (tertiary/aromatic N) is 3. The first-order chi connectivity index (χ1) is 16.4. The Labute approximate surface area is 214 Å². The number of imidazole rings is 1. The van der Waals surface area contributed by atoms with Crippen LogP contribution < -0.4 is 0 Å². The van der Waals surface area contributed by atoms with E-state index in [1.165, 1.54) is 0 Å². The Kier molecular flexibility index (Phi) is 6.78. The first kappa shape index (κ1) is 25.3. The maximum absolute atomic E-state index is 15.2. The minimum atomic E-state index is -0.616. The molecule has 0 atom stereocenters. The standard InChI is InChI=1S/C28H27Cl2F2N3/c1-27(2,3)20-12-19(13-23(30)25(20)31)35-15-18(34-16-35)14-28(4,5)21-10-17(11-22(29)26(21)32)24-8-6-7-9-33-24/h6-13,15-16H,14H2,1-5H3. The predicted octanol–water partition coefficient (Wildman–Crippen LogP) is 8.34. The van der Waals surface area contributed by atoms with Gasteiger partial charge in [0.25, 0.3) is 0 Å². The van der Waals surface area contributed by atoms with Crippen LogP contribution in [-0.4, -0.2) is 14.5 Å². The molecule has 0 bridgehead atoms. The molecule has 0 saturated carbocycles. The second kappa shape index (κ2) is 9.36. The van der Waals surface area contributed by atoms with Crippen molar-refractivity contribution in [3.8, 4) is 16.9 Å². The van der Waals surface area contributed by atoms with Crippen LogP contribution in [0.2, 0.25) is 10.0 Å². The van der Waals surface area contributed by atoms with Gasteiger partial charge in [-0.15, -0.1) is 0 Å². The van der Waals surface area contributed by atoms with E-state index in [1.807, 2.05) is 59.0 Å². The summed E-state index contributed by atoms with van der Waals surface area (Å²) < 4.78 is 31.6. The van der Waals surface area contributed by atoms with Crippen molar-refractivity contribution in [3.05, 3.63) is 99.7 Å². The van der Waals surface area contributed by atoms with E-state index in [-0.39, 0.29) is 10.0 Å². The molecule has 0 aliphatic carbocycles. The third-order valence-electron chi connectivity index (χ3n) is 6.10. The Morgan fingerprint density at radius 3 is 2.20 bits per heavy atom. The third-order valence-corrected chi connectivity index (χ3v) is 6.65. The molecule has 2 aromatic carbocycles. The zero-order valence-corrected chi connectivity index (χ0v) is 21.8. The van der Waals surface area contributed by atoms with E-state index in [4.69, 9.17) is 23.2 Å². The smallest absolute Gasteiger partial charge is 0.145 e. The predicted molar refractivity (Wildman–Crippen MR) is 139 cm³/mol. The topological polar surface area (TPSA) is 30.7 Å². The van der Waals surface area contributed by atoms with Crippen molar-refractivity contribution in [1.29, 1.82) is 0 Å². The molecule has 0 radical (unpaired) electrons. The Bertz CT molecular complexity index is 1370. The number of hydrogen-bond donors (Lipinski definition) is 0. The number of benzene rings is 2. The van der Waals surface area contributed by atoms with Gasteiger partial charge in [0.05, 0.1) is 27.8 Å². The van der Waals surface area contributed by atoms with Gasteiger partial charge in [-0.25, -0.2) is 13.8 Å². The molecule has 182 valence electrons. The van der Waals surface area contributed by atoms with Gasteiger partial charge in [0.15, 0.2) is 0 Å². The minimum absolute atomic E-state index is 0.0532. The van der Waals surface area contributed by atoms with Crippen LogP contribution in [0.15, 0.2) is 61.2 Å². The van der Waals surface area contributed by atoms with Crippen LogP contribution in [0.25, 0.3) is 16.9 Å². The van der Waals surface area contributed by atoms with Crippen LogP contribution in [0.5, 0.6) is 0 Å². The van der Waals surface area contributed by atoms with Crippen molar-refractivity contribution in [2.45, 2.75) is 51.9 Å². The molecule has 7 heteroatoms. The van der Waals surface area contributed by atoms with Crippen molar-refractivity contribution in [1.82, 2.24) is 14.5 Å². The minimum Gasteiger partial charge on any atom is -0.306 e. The molecule has 0 amide bonds. The summed E-state index contributed by atoms with van der Waals surface area (Å²) in [5, 5.41) is 0.114. The van der Waals surface area contributed by atoms with E-state index in [0.717, 1.165) is 17.0 Å². The van der Waals surface area contributed by atoms with Crippen LogP contribution in [0.3, 0.4) is 0 Å². The number of pyridine rings is 1. The fourth-order valence-corrected chi connectivity index (χ4v) is 4.61. The van der Waals surface area contributed by atoms with Crippen LogP contribution in [-0.2, 0) is 17.3 Å². The number of halogens is 4. The summed E-state index contributed by atoms with van der Waals surface area (Å²) in [5.41, 5.74) is 2.92. The van der Waals surface area contributed by atoms with E-state index in [2.05, 4.69) is 9.97 Å². The molecular weight excluding hydrogens is 487 g/mol. The summed E-state index contributed by atoms with van der Waals surface area (Å²) in [6, 6.07) is 12.3. The molecular formula is C28H27Cl2F2N3. The Balaban J connectivity index is 1.68. The molecule has 4 rings (SSSR count). The average molecular weight is 514 g/mol. The van der Waals surface area contributed by atoms with Crippen LogP contribution in [0.1, 0.15) is 51.4 Å². The van der Waals surface area contributed by atoms with Gasteiger partial charge >= 0.3 is 0 Å². The second-order valence-electron chi connectivity index (χ2n) is 10.4. The molecule has 0 aliphatic rings. The zero-order chi connectivity index (χ0) is 25.5. The molecule has 0 N–H and O–H groups in total. The van der Waals surface area contributed by atoms with Crippen molar-refractivity contribution in [2.24, 2.45) is 0 Å². The van der Waals surface area contributed by atoms with Crippen LogP contribution in [0, 0.1) is 11.6 Å². The summed E-state index contributed by atoms with van der Waals surface area (Å²) in [6.45, 7) is 9.72. The largest absolute Gasteiger partial charge is 0.306 e. The molecule has 2 heterocycles. The first-order valence-electron chi connectivity index (χ1n) is 11.3. The normalized spacial score (nSPS) is 12.3. The Hall–Kier alpha value is -2.76. The molecule has 3 nitrogen and oxygen atoms in total. The number of rotatable bonds is 5. The van der Waals surface area contributed by atoms with E-state index in [1.54, 1.807) is 41.4 Å². The summed E-state index contributed by atoms with van der Waals surface area (Å²) >= 11 is 12.5. The van der Waals surface area contributed by atoms with E-state index < -0.39 is 22.5 Å². The van der Waals surface area contributed by atoms with Crippen LogP contribution >= 0.6 is 23.2 Å². The lowest BCUT2D eigenvalue weighted by molar-refractivity contribution is 0.477. The highest BCUT2D eigenvalue weighted by atomic mass is 35.5. The molecule has 0 saturated heterocycles. The summed E-state index contributed by atoms with van der Waals surface area (Å²) in [6.07, 6.45) is 5.67. The lowest BCUT2D eigenvalue weighted by Gasteiger charge is -2.26. The maximum atomic E-state index is 15.2. The van der Waals surface area contributed by atoms with E-state index in [0.29, 0.717) is 23.2 Å². The molecule has 0 fully saturated rings. The van der Waals surface area contributed by atoms with Crippen LogP contribution in [0.4, 0.5) is 8.78 Å². The fraction of sp³-hybridized carbons (Fsp3) is 0.286. The second-order valence-corrected chi connectivity index (χ2v) is 11.2. The highest BCUT2D eigenvalue weighted by Crippen LogP contribution is 2.36. The van der Waals surface area contributed by atoms with Gasteiger partial charge in [0, 0.05) is 30.1 Å². The summed E-state index contributed by atoms with van der Waals surface area (Å²) in [4.78, 5) is 8.91. The molecule has 0 aliphatic heterocycles. The quantitative estimate of drug-likeness (QED) is 0.268. The van der Waals surface area contributed by atoms with Gasteiger partial charge in [-0.1, -0.05) is 63.9 Å².